The molecule has 152 valence electrons. The lowest BCUT2D eigenvalue weighted by atomic mass is 10.2. The number of aryl methyl sites for hydroxylation is 3. The summed E-state index contributed by atoms with van der Waals surface area (Å²) in [5.41, 5.74) is 5.22. The zero-order valence-corrected chi connectivity index (χ0v) is 17.6. The topological polar surface area (TPSA) is 63.0 Å². The van der Waals surface area contributed by atoms with Crippen LogP contribution in [-0.4, -0.2) is 51.1 Å². The van der Waals surface area contributed by atoms with Crippen LogP contribution in [0.5, 0.6) is 0 Å². The summed E-state index contributed by atoms with van der Waals surface area (Å²) < 4.78 is 2.01. The summed E-state index contributed by atoms with van der Waals surface area (Å²) in [6.45, 7) is 9.72. The lowest BCUT2D eigenvalue weighted by molar-refractivity contribution is 0.639. The molecule has 0 aliphatic carbocycles. The van der Waals surface area contributed by atoms with Crippen LogP contribution in [0.2, 0.25) is 0 Å². The Labute approximate surface area is 176 Å². The van der Waals surface area contributed by atoms with Crippen LogP contribution in [0.3, 0.4) is 0 Å². The van der Waals surface area contributed by atoms with Gasteiger partial charge >= 0.3 is 0 Å². The van der Waals surface area contributed by atoms with Crippen LogP contribution in [0.25, 0.3) is 16.6 Å². The van der Waals surface area contributed by atoms with E-state index in [2.05, 4.69) is 69.2 Å². The van der Waals surface area contributed by atoms with Crippen molar-refractivity contribution in [2.75, 3.05) is 36.0 Å². The standard InChI is InChI=1S/C23H25N7/c1-16-7-9-19(10-8-16)30-18(3)21-17(2)25-26-23(22(21)27-30)29-14-12-28(13-15-29)20-6-4-5-11-24-20/h4-11H,12-15H2,1-3H3. The highest BCUT2D eigenvalue weighted by Gasteiger charge is 2.24. The summed E-state index contributed by atoms with van der Waals surface area (Å²) in [5.74, 6) is 1.89. The Hall–Kier alpha value is -3.48. The molecule has 7 heteroatoms. The third kappa shape index (κ3) is 3.16. The van der Waals surface area contributed by atoms with Gasteiger partial charge in [-0.2, -0.15) is 10.2 Å². The Bertz CT molecular complexity index is 1170. The predicted molar refractivity (Wildman–Crippen MR) is 120 cm³/mol. The molecule has 0 spiro atoms. The van der Waals surface area contributed by atoms with Gasteiger partial charge in [0.1, 0.15) is 11.3 Å². The van der Waals surface area contributed by atoms with Crippen molar-refractivity contribution in [3.05, 3.63) is 65.6 Å². The molecule has 0 amide bonds. The van der Waals surface area contributed by atoms with Gasteiger partial charge in [-0.25, -0.2) is 9.67 Å². The van der Waals surface area contributed by atoms with E-state index in [0.29, 0.717) is 0 Å². The second-order valence-corrected chi connectivity index (χ2v) is 7.83. The number of hydrogen-bond donors (Lipinski definition) is 0. The molecular formula is C23H25N7. The largest absolute Gasteiger partial charge is 0.353 e. The van der Waals surface area contributed by atoms with Gasteiger partial charge < -0.3 is 9.80 Å². The Morgan fingerprint density at radius 3 is 2.23 bits per heavy atom. The number of anilines is 2. The highest BCUT2D eigenvalue weighted by molar-refractivity contribution is 5.92. The van der Waals surface area contributed by atoms with Crippen LogP contribution >= 0.6 is 0 Å². The Kier molecular flexibility index (Phi) is 4.58. The molecule has 1 saturated heterocycles. The molecule has 0 saturated carbocycles. The van der Waals surface area contributed by atoms with Crippen LogP contribution < -0.4 is 9.80 Å². The van der Waals surface area contributed by atoms with Crippen molar-refractivity contribution in [2.24, 2.45) is 0 Å². The van der Waals surface area contributed by atoms with E-state index in [-0.39, 0.29) is 0 Å². The SMILES string of the molecule is Cc1ccc(-n2nc3c(N4CCN(c5ccccn5)CC4)nnc(C)c3c2C)cc1. The van der Waals surface area contributed by atoms with Crippen molar-refractivity contribution in [3.8, 4) is 5.69 Å². The lowest BCUT2D eigenvalue weighted by Crippen LogP contribution is -2.47. The lowest BCUT2D eigenvalue weighted by Gasteiger charge is -2.35. The predicted octanol–water partition coefficient (Wildman–Crippen LogP) is 3.46. The van der Waals surface area contributed by atoms with Crippen molar-refractivity contribution in [1.82, 2.24) is 25.0 Å². The Balaban J connectivity index is 1.49. The molecule has 30 heavy (non-hydrogen) atoms. The normalized spacial score (nSPS) is 14.5. The van der Waals surface area contributed by atoms with Crippen molar-refractivity contribution in [2.45, 2.75) is 20.8 Å². The second kappa shape index (κ2) is 7.40. The zero-order valence-electron chi connectivity index (χ0n) is 17.6. The van der Waals surface area contributed by atoms with Crippen LogP contribution in [0.4, 0.5) is 11.6 Å². The van der Waals surface area contributed by atoms with Crippen molar-refractivity contribution < 1.29 is 0 Å². The number of rotatable bonds is 3. The molecular weight excluding hydrogens is 374 g/mol. The monoisotopic (exact) mass is 399 g/mol. The van der Waals surface area contributed by atoms with E-state index in [0.717, 1.165) is 65.8 Å². The van der Waals surface area contributed by atoms with Gasteiger partial charge in [0, 0.05) is 32.4 Å². The average Bonchev–Trinajstić information content (AvgIpc) is 3.13. The van der Waals surface area contributed by atoms with Gasteiger partial charge in [-0.05, 0) is 45.0 Å². The molecule has 0 radical (unpaired) electrons. The van der Waals surface area contributed by atoms with E-state index in [4.69, 9.17) is 5.10 Å². The molecule has 0 atom stereocenters. The third-order valence-electron chi connectivity index (χ3n) is 5.82. The van der Waals surface area contributed by atoms with E-state index in [1.165, 1.54) is 5.56 Å². The fourth-order valence-electron chi connectivity index (χ4n) is 4.15. The van der Waals surface area contributed by atoms with Gasteiger partial charge in [0.05, 0.1) is 22.5 Å². The van der Waals surface area contributed by atoms with Crippen LogP contribution in [0, 0.1) is 20.8 Å². The van der Waals surface area contributed by atoms with Gasteiger partial charge in [-0.15, -0.1) is 5.10 Å². The van der Waals surface area contributed by atoms with Gasteiger partial charge in [-0.3, -0.25) is 0 Å². The molecule has 5 rings (SSSR count). The molecule has 4 heterocycles. The minimum Gasteiger partial charge on any atom is -0.353 e. The first-order chi connectivity index (χ1) is 14.6. The minimum atomic E-state index is 0.861. The molecule has 1 aromatic carbocycles. The highest BCUT2D eigenvalue weighted by atomic mass is 15.4. The molecule has 0 unspecified atom stereocenters. The number of aromatic nitrogens is 5. The van der Waals surface area contributed by atoms with E-state index in [9.17, 15) is 0 Å². The number of pyridine rings is 1. The first-order valence-corrected chi connectivity index (χ1v) is 10.3. The Morgan fingerprint density at radius 2 is 1.53 bits per heavy atom. The smallest absolute Gasteiger partial charge is 0.179 e. The molecule has 1 fully saturated rings. The van der Waals surface area contributed by atoms with Crippen molar-refractivity contribution >= 4 is 22.5 Å². The summed E-state index contributed by atoms with van der Waals surface area (Å²) in [5, 5.41) is 15.1. The maximum absolute atomic E-state index is 4.97. The molecule has 1 aliphatic heterocycles. The van der Waals surface area contributed by atoms with E-state index in [1.807, 2.05) is 29.9 Å². The van der Waals surface area contributed by atoms with Crippen molar-refractivity contribution in [1.29, 1.82) is 0 Å². The second-order valence-electron chi connectivity index (χ2n) is 7.83. The highest BCUT2D eigenvalue weighted by Crippen LogP contribution is 2.30. The van der Waals surface area contributed by atoms with Crippen LogP contribution in [0.15, 0.2) is 48.7 Å². The van der Waals surface area contributed by atoms with Gasteiger partial charge in [0.15, 0.2) is 5.82 Å². The first-order valence-electron chi connectivity index (χ1n) is 10.3. The van der Waals surface area contributed by atoms with Gasteiger partial charge in [0.2, 0.25) is 0 Å². The fraction of sp³-hybridized carbons (Fsp3) is 0.304. The fourth-order valence-corrected chi connectivity index (χ4v) is 4.15. The van der Waals surface area contributed by atoms with Gasteiger partial charge in [0.25, 0.3) is 0 Å². The number of hydrogen-bond acceptors (Lipinski definition) is 6. The van der Waals surface area contributed by atoms with E-state index in [1.54, 1.807) is 0 Å². The minimum absolute atomic E-state index is 0.861. The summed E-state index contributed by atoms with van der Waals surface area (Å²) in [6.07, 6.45) is 1.84. The summed E-state index contributed by atoms with van der Waals surface area (Å²) in [7, 11) is 0. The number of benzene rings is 1. The first kappa shape index (κ1) is 18.5. The van der Waals surface area contributed by atoms with Crippen LogP contribution in [-0.2, 0) is 0 Å². The molecule has 1 aliphatic rings. The summed E-state index contributed by atoms with van der Waals surface area (Å²) in [4.78, 5) is 9.08. The van der Waals surface area contributed by atoms with E-state index >= 15 is 0 Å². The van der Waals surface area contributed by atoms with Crippen LogP contribution in [0.1, 0.15) is 17.0 Å². The third-order valence-corrected chi connectivity index (χ3v) is 5.82. The maximum atomic E-state index is 4.97. The molecule has 0 bridgehead atoms. The zero-order chi connectivity index (χ0) is 20.7. The number of nitrogens with zero attached hydrogens (tertiary/aromatic N) is 7. The quantitative estimate of drug-likeness (QED) is 0.526. The molecule has 4 aromatic rings. The summed E-state index contributed by atoms with van der Waals surface area (Å²) in [6, 6.07) is 14.5. The molecule has 0 N–H and O–H groups in total. The average molecular weight is 400 g/mol. The molecule has 7 nitrogen and oxygen atoms in total. The van der Waals surface area contributed by atoms with E-state index < -0.39 is 0 Å². The van der Waals surface area contributed by atoms with Gasteiger partial charge in [-0.1, -0.05) is 23.8 Å². The number of piperazine rings is 1. The Morgan fingerprint density at radius 1 is 0.800 bits per heavy atom. The summed E-state index contributed by atoms with van der Waals surface area (Å²) >= 11 is 0. The number of fused-ring (bicyclic) bond motifs is 1. The molecule has 3 aromatic heterocycles. The maximum Gasteiger partial charge on any atom is 0.179 e. The van der Waals surface area contributed by atoms with Crippen molar-refractivity contribution in [3.63, 3.8) is 0 Å².